The molecule has 0 aromatic heterocycles. The zero-order valence-electron chi connectivity index (χ0n) is 12.1. The first kappa shape index (κ1) is 15.0. The van der Waals surface area contributed by atoms with Gasteiger partial charge < -0.3 is 10.0 Å². The molecule has 1 N–H and O–H groups in total. The molecule has 6 nitrogen and oxygen atoms in total. The predicted molar refractivity (Wildman–Crippen MR) is 80.4 cm³/mol. The molecular formula is C15H18N2O4. The lowest BCUT2D eigenvalue weighted by atomic mass is 10.00. The molecule has 1 aliphatic heterocycles. The Morgan fingerprint density at radius 1 is 1.48 bits per heavy atom. The van der Waals surface area contributed by atoms with Crippen molar-refractivity contribution < 1.29 is 14.8 Å². The number of benzene rings is 1. The number of rotatable bonds is 4. The fraction of sp³-hybridized carbons (Fsp3) is 0.400. The molecule has 1 aromatic rings. The van der Waals surface area contributed by atoms with Crippen LogP contribution in [0.4, 0.5) is 11.4 Å². The van der Waals surface area contributed by atoms with E-state index in [1.54, 1.807) is 6.07 Å². The zero-order chi connectivity index (χ0) is 15.6. The minimum atomic E-state index is -1.08. The van der Waals surface area contributed by atoms with Crippen LogP contribution in [0.5, 0.6) is 0 Å². The third-order valence-electron chi connectivity index (χ3n) is 3.82. The minimum absolute atomic E-state index is 0.0397. The van der Waals surface area contributed by atoms with E-state index in [1.807, 2.05) is 0 Å². The van der Waals surface area contributed by atoms with Gasteiger partial charge in [0.15, 0.2) is 0 Å². The monoisotopic (exact) mass is 290 g/mol. The second kappa shape index (κ2) is 5.55. The number of nitro benzene ring substituents is 1. The molecule has 1 fully saturated rings. The van der Waals surface area contributed by atoms with E-state index in [0.717, 1.165) is 31.1 Å². The summed E-state index contributed by atoms with van der Waals surface area (Å²) in [4.78, 5) is 23.3. The molecule has 0 unspecified atom stereocenters. The maximum atomic E-state index is 10.9. The number of anilines is 1. The van der Waals surface area contributed by atoms with E-state index in [-0.39, 0.29) is 11.2 Å². The average molecular weight is 290 g/mol. The van der Waals surface area contributed by atoms with Crippen LogP contribution in [0.15, 0.2) is 24.3 Å². The van der Waals surface area contributed by atoms with Crippen LogP contribution in [0.25, 0.3) is 6.08 Å². The highest BCUT2D eigenvalue weighted by Crippen LogP contribution is 2.37. The van der Waals surface area contributed by atoms with Crippen LogP contribution in [-0.2, 0) is 4.79 Å². The van der Waals surface area contributed by atoms with Crippen molar-refractivity contribution in [1.29, 1.82) is 0 Å². The molecule has 1 aromatic carbocycles. The van der Waals surface area contributed by atoms with Gasteiger partial charge in [0.05, 0.1) is 4.92 Å². The number of carbonyl (C=O) groups is 1. The molecule has 1 aliphatic rings. The van der Waals surface area contributed by atoms with Crippen LogP contribution in [0.1, 0.15) is 32.3 Å². The summed E-state index contributed by atoms with van der Waals surface area (Å²) in [5, 5.41) is 19.7. The molecule has 1 heterocycles. The number of nitro groups is 1. The standard InChI is InChI=1S/C15H18N2O4/c1-15(2)8-3-9-16(15)13-6-5-12(17(20)21)10-11(13)4-7-14(18)19/h4-7,10H,3,8-9H2,1-2H3,(H,18,19). The Bertz CT molecular complexity index is 608. The van der Waals surface area contributed by atoms with E-state index < -0.39 is 10.9 Å². The smallest absolute Gasteiger partial charge is 0.328 e. The quantitative estimate of drug-likeness (QED) is 0.523. The van der Waals surface area contributed by atoms with Gasteiger partial charge in [0.1, 0.15) is 0 Å². The van der Waals surface area contributed by atoms with Gasteiger partial charge in [-0.25, -0.2) is 4.79 Å². The molecular weight excluding hydrogens is 272 g/mol. The lowest BCUT2D eigenvalue weighted by Crippen LogP contribution is -2.38. The number of carboxylic acids is 1. The summed E-state index contributed by atoms with van der Waals surface area (Å²) in [6, 6.07) is 4.58. The zero-order valence-corrected chi connectivity index (χ0v) is 12.1. The van der Waals surface area contributed by atoms with Gasteiger partial charge in [0.25, 0.3) is 5.69 Å². The Morgan fingerprint density at radius 2 is 2.19 bits per heavy atom. The highest BCUT2D eigenvalue weighted by atomic mass is 16.6. The molecule has 0 radical (unpaired) electrons. The predicted octanol–water partition coefficient (Wildman–Crippen LogP) is 3.07. The highest BCUT2D eigenvalue weighted by Gasteiger charge is 2.33. The molecule has 2 rings (SSSR count). The molecule has 1 saturated heterocycles. The van der Waals surface area contributed by atoms with Gasteiger partial charge in [-0.15, -0.1) is 0 Å². The third-order valence-corrected chi connectivity index (χ3v) is 3.82. The van der Waals surface area contributed by atoms with Gasteiger partial charge in [0.2, 0.25) is 0 Å². The largest absolute Gasteiger partial charge is 0.478 e. The summed E-state index contributed by atoms with van der Waals surface area (Å²) in [5.41, 5.74) is 1.31. The molecule has 112 valence electrons. The van der Waals surface area contributed by atoms with Gasteiger partial charge in [-0.1, -0.05) is 0 Å². The van der Waals surface area contributed by atoms with Crippen molar-refractivity contribution in [3.8, 4) is 0 Å². The maximum absolute atomic E-state index is 10.9. The first-order valence-corrected chi connectivity index (χ1v) is 6.78. The van der Waals surface area contributed by atoms with Crippen LogP contribution < -0.4 is 4.90 Å². The van der Waals surface area contributed by atoms with Gasteiger partial charge in [-0.3, -0.25) is 10.1 Å². The van der Waals surface area contributed by atoms with Gasteiger partial charge >= 0.3 is 5.97 Å². The molecule has 0 aliphatic carbocycles. The van der Waals surface area contributed by atoms with Crippen molar-refractivity contribution in [2.75, 3.05) is 11.4 Å². The number of non-ortho nitro benzene ring substituents is 1. The van der Waals surface area contributed by atoms with Crippen molar-refractivity contribution in [1.82, 2.24) is 0 Å². The average Bonchev–Trinajstić information content (AvgIpc) is 2.75. The van der Waals surface area contributed by atoms with E-state index in [2.05, 4.69) is 18.7 Å². The summed E-state index contributed by atoms with van der Waals surface area (Å²) in [5.74, 6) is -1.08. The number of carboxylic acid groups (broad SMARTS) is 1. The Hall–Kier alpha value is -2.37. The summed E-state index contributed by atoms with van der Waals surface area (Å²) >= 11 is 0. The molecule has 0 atom stereocenters. The highest BCUT2D eigenvalue weighted by molar-refractivity contribution is 5.87. The Morgan fingerprint density at radius 3 is 2.71 bits per heavy atom. The third kappa shape index (κ3) is 3.21. The van der Waals surface area contributed by atoms with Crippen LogP contribution in [0.2, 0.25) is 0 Å². The molecule has 21 heavy (non-hydrogen) atoms. The second-order valence-corrected chi connectivity index (χ2v) is 5.74. The number of hydrogen-bond donors (Lipinski definition) is 1. The summed E-state index contributed by atoms with van der Waals surface area (Å²) < 4.78 is 0. The van der Waals surface area contributed by atoms with E-state index in [0.29, 0.717) is 5.56 Å². The number of aliphatic carboxylic acids is 1. The van der Waals surface area contributed by atoms with Crippen LogP contribution in [-0.4, -0.2) is 28.1 Å². The summed E-state index contributed by atoms with van der Waals surface area (Å²) in [6.07, 6.45) is 4.50. The molecule has 0 bridgehead atoms. The minimum Gasteiger partial charge on any atom is -0.478 e. The van der Waals surface area contributed by atoms with Crippen LogP contribution in [0, 0.1) is 10.1 Å². The van der Waals surface area contributed by atoms with Crippen LogP contribution in [0.3, 0.4) is 0 Å². The fourth-order valence-electron chi connectivity index (χ4n) is 2.75. The molecule has 6 heteroatoms. The molecule has 0 spiro atoms. The summed E-state index contributed by atoms with van der Waals surface area (Å²) in [7, 11) is 0. The van der Waals surface area contributed by atoms with E-state index in [9.17, 15) is 14.9 Å². The first-order valence-electron chi connectivity index (χ1n) is 6.78. The van der Waals surface area contributed by atoms with Crippen molar-refractivity contribution in [3.05, 3.63) is 40.0 Å². The maximum Gasteiger partial charge on any atom is 0.328 e. The lowest BCUT2D eigenvalue weighted by molar-refractivity contribution is -0.384. The van der Waals surface area contributed by atoms with Crippen molar-refractivity contribution >= 4 is 23.4 Å². The Labute approximate surface area is 122 Å². The topological polar surface area (TPSA) is 83.7 Å². The number of nitrogens with zero attached hydrogens (tertiary/aromatic N) is 2. The summed E-state index contributed by atoms with van der Waals surface area (Å²) in [6.45, 7) is 5.09. The van der Waals surface area contributed by atoms with Gasteiger partial charge in [-0.05, 0) is 38.8 Å². The first-order chi connectivity index (χ1) is 9.81. The lowest BCUT2D eigenvalue weighted by Gasteiger charge is -2.34. The van der Waals surface area contributed by atoms with Crippen molar-refractivity contribution in [2.24, 2.45) is 0 Å². The van der Waals surface area contributed by atoms with Crippen molar-refractivity contribution in [3.63, 3.8) is 0 Å². The van der Waals surface area contributed by atoms with Crippen molar-refractivity contribution in [2.45, 2.75) is 32.2 Å². The second-order valence-electron chi connectivity index (χ2n) is 5.74. The van der Waals surface area contributed by atoms with E-state index in [4.69, 9.17) is 5.11 Å². The Balaban J connectivity index is 2.49. The van der Waals surface area contributed by atoms with E-state index in [1.165, 1.54) is 18.2 Å². The fourth-order valence-corrected chi connectivity index (χ4v) is 2.75. The van der Waals surface area contributed by atoms with Gasteiger partial charge in [-0.2, -0.15) is 0 Å². The van der Waals surface area contributed by atoms with Crippen LogP contribution >= 0.6 is 0 Å². The molecule has 0 amide bonds. The SMILES string of the molecule is CC1(C)CCCN1c1ccc([N+](=O)[O-])cc1C=CC(=O)O. The normalized spacial score (nSPS) is 17.3. The van der Waals surface area contributed by atoms with Gasteiger partial charge in [0, 0.05) is 41.5 Å². The Kier molecular flexibility index (Phi) is 3.97. The molecule has 0 saturated carbocycles. The van der Waals surface area contributed by atoms with E-state index >= 15 is 0 Å². The number of hydrogen-bond acceptors (Lipinski definition) is 4.